The van der Waals surface area contributed by atoms with Gasteiger partial charge in [0.1, 0.15) is 0 Å². The van der Waals surface area contributed by atoms with Crippen LogP contribution in [0.5, 0.6) is 0 Å². The molecule has 0 amide bonds. The molecule has 1 aromatic rings. The van der Waals surface area contributed by atoms with E-state index in [9.17, 15) is 4.79 Å². The summed E-state index contributed by atoms with van der Waals surface area (Å²) in [6, 6.07) is 1.45. The van der Waals surface area contributed by atoms with Crippen molar-refractivity contribution in [2.75, 3.05) is 12.0 Å². The molecule has 4 heteroatoms. The summed E-state index contributed by atoms with van der Waals surface area (Å²) in [4.78, 5) is 12.2. The van der Waals surface area contributed by atoms with E-state index in [1.807, 2.05) is 6.92 Å². The number of hydrogen-bond acceptors (Lipinski definition) is 2. The van der Waals surface area contributed by atoms with Crippen molar-refractivity contribution < 1.29 is 0 Å². The monoisotopic (exact) mass is 153 g/mol. The molecule has 0 radical (unpaired) electrons. The molecule has 0 spiro atoms. The van der Waals surface area contributed by atoms with Gasteiger partial charge in [0.15, 0.2) is 0 Å². The first-order valence-corrected chi connectivity index (χ1v) is 3.35. The van der Waals surface area contributed by atoms with Crippen molar-refractivity contribution in [1.29, 1.82) is 0 Å². The summed E-state index contributed by atoms with van der Waals surface area (Å²) in [6.07, 6.45) is 1.58. The minimum absolute atomic E-state index is 0.0914. The van der Waals surface area contributed by atoms with Gasteiger partial charge in [0.2, 0.25) is 0 Å². The highest BCUT2D eigenvalue weighted by atomic mass is 16.1. The van der Waals surface area contributed by atoms with E-state index in [1.54, 1.807) is 6.20 Å². The highest BCUT2D eigenvalue weighted by Crippen LogP contribution is 1.81. The number of nitrogens with zero attached hydrogens (tertiary/aromatic N) is 1. The van der Waals surface area contributed by atoms with Gasteiger partial charge in [-0.1, -0.05) is 12.2 Å². The lowest BCUT2D eigenvalue weighted by Crippen LogP contribution is -2.27. The molecular weight excluding hydrogens is 142 g/mol. The third-order valence-corrected chi connectivity index (χ3v) is 1.19. The summed E-state index contributed by atoms with van der Waals surface area (Å²) in [5, 5.41) is 2.71. The quantitative estimate of drug-likeness (QED) is 0.613. The number of hydrogen-bond donors (Lipinski definition) is 2. The van der Waals surface area contributed by atoms with E-state index in [0.717, 1.165) is 5.57 Å². The van der Waals surface area contributed by atoms with Crippen molar-refractivity contribution in [2.45, 2.75) is 6.92 Å². The first-order chi connectivity index (χ1) is 5.20. The van der Waals surface area contributed by atoms with E-state index in [1.165, 1.54) is 10.9 Å². The number of aromatic nitrogens is 2. The third kappa shape index (κ3) is 2.00. The predicted octanol–water partition coefficient (Wildman–Crippen LogP) is 0.296. The molecule has 1 aromatic heterocycles. The van der Waals surface area contributed by atoms with Gasteiger partial charge in [-0.2, -0.15) is 4.79 Å². The fourth-order valence-electron chi connectivity index (χ4n) is 0.659. The second-order valence-corrected chi connectivity index (χ2v) is 2.43. The van der Waals surface area contributed by atoms with Crippen molar-refractivity contribution in [1.82, 2.24) is 9.89 Å². The van der Waals surface area contributed by atoms with Crippen LogP contribution in [-0.4, -0.2) is 16.4 Å². The minimum atomic E-state index is -0.0914. The van der Waals surface area contributed by atoms with Crippen LogP contribution in [0, 0.1) is 0 Å². The Kier molecular flexibility index (Phi) is 2.15. The SMILES string of the molecule is C=C(C)CNn1[nH]ccc1=O. The maximum atomic E-state index is 10.9. The van der Waals surface area contributed by atoms with Crippen LogP contribution in [0.15, 0.2) is 29.2 Å². The van der Waals surface area contributed by atoms with Crippen LogP contribution in [0.4, 0.5) is 0 Å². The van der Waals surface area contributed by atoms with Gasteiger partial charge in [0, 0.05) is 12.3 Å². The molecule has 0 aromatic carbocycles. The highest BCUT2D eigenvalue weighted by Gasteiger charge is 1.91. The van der Waals surface area contributed by atoms with Crippen LogP contribution in [0.1, 0.15) is 6.92 Å². The Morgan fingerprint density at radius 2 is 2.64 bits per heavy atom. The van der Waals surface area contributed by atoms with Crippen molar-refractivity contribution in [3.63, 3.8) is 0 Å². The molecule has 1 rings (SSSR count). The van der Waals surface area contributed by atoms with Crippen molar-refractivity contribution in [3.8, 4) is 0 Å². The van der Waals surface area contributed by atoms with Gasteiger partial charge in [-0.3, -0.25) is 9.89 Å². The van der Waals surface area contributed by atoms with Gasteiger partial charge >= 0.3 is 0 Å². The van der Waals surface area contributed by atoms with Crippen LogP contribution >= 0.6 is 0 Å². The molecule has 0 saturated carbocycles. The number of aromatic amines is 1. The maximum absolute atomic E-state index is 10.9. The standard InChI is InChI=1S/C7H11N3O/c1-6(2)5-9-10-7(11)3-4-8-10/h3-4,8-9H,1,5H2,2H3. The second-order valence-electron chi connectivity index (χ2n) is 2.43. The summed E-state index contributed by atoms with van der Waals surface area (Å²) in [5.41, 5.74) is 3.73. The van der Waals surface area contributed by atoms with Gasteiger partial charge in [0.25, 0.3) is 5.56 Å². The molecule has 0 aliphatic heterocycles. The second kappa shape index (κ2) is 3.09. The summed E-state index contributed by atoms with van der Waals surface area (Å²) in [5.74, 6) is 0. The minimum Gasteiger partial charge on any atom is -0.304 e. The average molecular weight is 153 g/mol. The van der Waals surface area contributed by atoms with E-state index in [0.29, 0.717) is 6.54 Å². The van der Waals surface area contributed by atoms with Gasteiger partial charge in [-0.15, -0.1) is 0 Å². The number of nitrogens with one attached hydrogen (secondary N) is 2. The Bertz CT molecular complexity index is 297. The van der Waals surface area contributed by atoms with Crippen LogP contribution < -0.4 is 11.0 Å². The lowest BCUT2D eigenvalue weighted by Gasteiger charge is -2.03. The molecule has 2 N–H and O–H groups in total. The molecule has 0 bridgehead atoms. The highest BCUT2D eigenvalue weighted by molar-refractivity contribution is 4.96. The van der Waals surface area contributed by atoms with Crippen molar-refractivity contribution in [2.24, 2.45) is 0 Å². The van der Waals surface area contributed by atoms with Crippen LogP contribution in [0.25, 0.3) is 0 Å². The fourth-order valence-corrected chi connectivity index (χ4v) is 0.659. The topological polar surface area (TPSA) is 49.8 Å². The molecule has 0 aliphatic rings. The lowest BCUT2D eigenvalue weighted by molar-refractivity contribution is 0.728. The van der Waals surface area contributed by atoms with E-state index in [4.69, 9.17) is 0 Å². The summed E-state index contributed by atoms with van der Waals surface area (Å²) >= 11 is 0. The first kappa shape index (κ1) is 7.65. The zero-order chi connectivity index (χ0) is 8.27. The van der Waals surface area contributed by atoms with Crippen LogP contribution in [0.3, 0.4) is 0 Å². The van der Waals surface area contributed by atoms with E-state index in [2.05, 4.69) is 17.1 Å². The maximum Gasteiger partial charge on any atom is 0.285 e. The van der Waals surface area contributed by atoms with Crippen molar-refractivity contribution >= 4 is 0 Å². The Morgan fingerprint density at radius 1 is 1.91 bits per heavy atom. The molecule has 1 heterocycles. The zero-order valence-corrected chi connectivity index (χ0v) is 6.42. The van der Waals surface area contributed by atoms with Gasteiger partial charge in [-0.05, 0) is 6.92 Å². The normalized spacial score (nSPS) is 9.55. The summed E-state index contributed by atoms with van der Waals surface area (Å²) in [6.45, 7) is 6.18. The molecule has 4 nitrogen and oxygen atoms in total. The Balaban J connectivity index is 2.58. The molecule has 0 saturated heterocycles. The van der Waals surface area contributed by atoms with Gasteiger partial charge < -0.3 is 5.43 Å². The van der Waals surface area contributed by atoms with E-state index >= 15 is 0 Å². The predicted molar refractivity (Wildman–Crippen MR) is 44.1 cm³/mol. The van der Waals surface area contributed by atoms with Crippen molar-refractivity contribution in [3.05, 3.63) is 34.8 Å². The fraction of sp³-hybridized carbons (Fsp3) is 0.286. The summed E-state index contributed by atoms with van der Waals surface area (Å²) in [7, 11) is 0. The smallest absolute Gasteiger partial charge is 0.285 e. The molecule has 0 atom stereocenters. The lowest BCUT2D eigenvalue weighted by atomic mass is 10.4. The Labute approximate surface area is 64.5 Å². The zero-order valence-electron chi connectivity index (χ0n) is 6.42. The largest absolute Gasteiger partial charge is 0.304 e. The Hall–Kier alpha value is -1.45. The molecule has 60 valence electrons. The first-order valence-electron chi connectivity index (χ1n) is 3.35. The third-order valence-electron chi connectivity index (χ3n) is 1.19. The Morgan fingerprint density at radius 3 is 3.09 bits per heavy atom. The summed E-state index contributed by atoms with van der Waals surface area (Å²) < 4.78 is 0. The molecule has 0 aliphatic carbocycles. The van der Waals surface area contributed by atoms with Crippen LogP contribution in [0.2, 0.25) is 0 Å². The van der Waals surface area contributed by atoms with E-state index < -0.39 is 0 Å². The molecular formula is C7H11N3O. The molecule has 0 unspecified atom stereocenters. The van der Waals surface area contributed by atoms with Gasteiger partial charge in [0.05, 0.1) is 6.54 Å². The molecule has 11 heavy (non-hydrogen) atoms. The van der Waals surface area contributed by atoms with Gasteiger partial charge in [-0.25, -0.2) is 0 Å². The number of rotatable bonds is 3. The molecule has 0 fully saturated rings. The average Bonchev–Trinajstić information content (AvgIpc) is 2.31. The number of H-pyrrole nitrogens is 1. The van der Waals surface area contributed by atoms with Crippen LogP contribution in [-0.2, 0) is 0 Å². The van der Waals surface area contributed by atoms with E-state index in [-0.39, 0.29) is 5.56 Å².